The SMILES string of the molecule is CC1CC2C(C)C3(C)C2(C)C2CCC4C1CC3(C)C4(C)C2C. The highest BCUT2D eigenvalue weighted by molar-refractivity contribution is 5.32. The highest BCUT2D eigenvalue weighted by atomic mass is 14.9. The van der Waals surface area contributed by atoms with Crippen molar-refractivity contribution in [2.24, 2.45) is 63.1 Å². The Bertz CT molecular complexity index is 550. The average Bonchev–Trinajstić information content (AvgIpc) is 2.77. The lowest BCUT2D eigenvalue weighted by molar-refractivity contribution is -0.360. The van der Waals surface area contributed by atoms with Gasteiger partial charge in [-0.15, -0.1) is 0 Å². The van der Waals surface area contributed by atoms with Crippen LogP contribution in [0.25, 0.3) is 0 Å². The molecule has 11 unspecified atom stereocenters. The minimum Gasteiger partial charge on any atom is -0.0622 e. The summed E-state index contributed by atoms with van der Waals surface area (Å²) in [5.74, 6) is 6.89. The maximum absolute atomic E-state index is 2.75. The van der Waals surface area contributed by atoms with Crippen LogP contribution < -0.4 is 0 Å². The molecule has 5 fully saturated rings. The zero-order valence-corrected chi connectivity index (χ0v) is 15.9. The molecule has 0 nitrogen and oxygen atoms in total. The van der Waals surface area contributed by atoms with Gasteiger partial charge in [0.1, 0.15) is 0 Å². The van der Waals surface area contributed by atoms with Crippen molar-refractivity contribution < 1.29 is 0 Å². The van der Waals surface area contributed by atoms with E-state index in [9.17, 15) is 0 Å². The topological polar surface area (TPSA) is 0 Å². The van der Waals surface area contributed by atoms with E-state index in [1.165, 1.54) is 19.3 Å². The molecule has 6 bridgehead atoms. The third-order valence-electron chi connectivity index (χ3n) is 12.1. The van der Waals surface area contributed by atoms with Gasteiger partial charge in [0.15, 0.2) is 0 Å². The molecular weight excluding hydrogens is 264 g/mol. The van der Waals surface area contributed by atoms with Crippen molar-refractivity contribution in [3.63, 3.8) is 0 Å². The van der Waals surface area contributed by atoms with Gasteiger partial charge in [-0.1, -0.05) is 48.5 Å². The smallest absolute Gasteiger partial charge is 0.0179 e. The van der Waals surface area contributed by atoms with Crippen molar-refractivity contribution in [3.05, 3.63) is 0 Å². The Balaban J connectivity index is 1.86. The summed E-state index contributed by atoms with van der Waals surface area (Å²) in [5, 5.41) is 0. The Kier molecular flexibility index (Phi) is 2.28. The fourth-order valence-electron chi connectivity index (χ4n) is 10.7. The summed E-state index contributed by atoms with van der Waals surface area (Å²) in [6, 6.07) is 0. The molecule has 0 N–H and O–H groups in total. The summed E-state index contributed by atoms with van der Waals surface area (Å²) in [4.78, 5) is 0. The minimum absolute atomic E-state index is 0.574. The molecule has 124 valence electrons. The maximum atomic E-state index is 2.75. The van der Waals surface area contributed by atoms with E-state index in [1.54, 1.807) is 6.42 Å². The molecule has 0 saturated heterocycles. The van der Waals surface area contributed by atoms with E-state index in [-0.39, 0.29) is 0 Å². The molecule has 0 aliphatic heterocycles. The van der Waals surface area contributed by atoms with Crippen molar-refractivity contribution in [3.8, 4) is 0 Å². The quantitative estimate of drug-likeness (QED) is 0.513. The molecule has 5 saturated carbocycles. The Morgan fingerprint density at radius 1 is 0.727 bits per heavy atom. The van der Waals surface area contributed by atoms with E-state index < -0.39 is 0 Å². The summed E-state index contributed by atoms with van der Waals surface area (Å²) in [7, 11) is 0. The number of hydrogen-bond donors (Lipinski definition) is 0. The number of rotatable bonds is 0. The van der Waals surface area contributed by atoms with Gasteiger partial charge in [0.2, 0.25) is 0 Å². The van der Waals surface area contributed by atoms with Crippen LogP contribution in [0.3, 0.4) is 0 Å². The first kappa shape index (κ1) is 14.4. The van der Waals surface area contributed by atoms with Gasteiger partial charge in [-0.3, -0.25) is 0 Å². The summed E-state index contributed by atoms with van der Waals surface area (Å²) in [6.45, 7) is 18.9. The first-order valence-electron chi connectivity index (χ1n) is 10.2. The van der Waals surface area contributed by atoms with E-state index in [1.807, 2.05) is 0 Å². The van der Waals surface area contributed by atoms with Gasteiger partial charge in [-0.05, 0) is 88.8 Å². The Morgan fingerprint density at radius 2 is 1.36 bits per heavy atom. The Hall–Kier alpha value is 0. The first-order chi connectivity index (χ1) is 10.2. The monoisotopic (exact) mass is 300 g/mol. The molecule has 0 aromatic rings. The predicted octanol–water partition coefficient (Wildman–Crippen LogP) is 6.01. The van der Waals surface area contributed by atoms with Crippen LogP contribution in [-0.4, -0.2) is 0 Å². The van der Waals surface area contributed by atoms with Crippen LogP contribution in [0.15, 0.2) is 0 Å². The van der Waals surface area contributed by atoms with Crippen LogP contribution in [0.5, 0.6) is 0 Å². The largest absolute Gasteiger partial charge is 0.0622 e. The van der Waals surface area contributed by atoms with Crippen LogP contribution >= 0.6 is 0 Å². The van der Waals surface area contributed by atoms with Crippen molar-refractivity contribution in [2.75, 3.05) is 0 Å². The summed E-state index contributed by atoms with van der Waals surface area (Å²) in [5.41, 5.74) is 2.39. The highest BCUT2D eigenvalue weighted by Crippen LogP contribution is 2.90. The lowest BCUT2D eigenvalue weighted by Crippen LogP contribution is -2.78. The summed E-state index contributed by atoms with van der Waals surface area (Å²) >= 11 is 0. The van der Waals surface area contributed by atoms with Gasteiger partial charge in [-0.25, -0.2) is 0 Å². The van der Waals surface area contributed by atoms with Gasteiger partial charge in [0, 0.05) is 0 Å². The molecule has 5 aliphatic rings. The van der Waals surface area contributed by atoms with Crippen LogP contribution in [0.2, 0.25) is 0 Å². The lowest BCUT2D eigenvalue weighted by Gasteiger charge is -2.83. The zero-order chi connectivity index (χ0) is 15.9. The first-order valence-corrected chi connectivity index (χ1v) is 10.2. The van der Waals surface area contributed by atoms with E-state index in [4.69, 9.17) is 0 Å². The molecule has 0 aromatic heterocycles. The lowest BCUT2D eigenvalue weighted by atomic mass is 9.21. The summed E-state index contributed by atoms with van der Waals surface area (Å²) in [6.07, 6.45) is 6.15. The van der Waals surface area contributed by atoms with E-state index in [0.717, 1.165) is 41.4 Å². The van der Waals surface area contributed by atoms with Crippen molar-refractivity contribution in [1.82, 2.24) is 0 Å². The van der Waals surface area contributed by atoms with Gasteiger partial charge < -0.3 is 0 Å². The van der Waals surface area contributed by atoms with Crippen LogP contribution in [0.1, 0.15) is 74.1 Å². The molecule has 5 rings (SSSR count). The molecule has 0 heterocycles. The molecule has 0 spiro atoms. The molecule has 5 aliphatic carbocycles. The maximum Gasteiger partial charge on any atom is -0.0179 e. The zero-order valence-electron chi connectivity index (χ0n) is 15.9. The Labute approximate surface area is 137 Å². The van der Waals surface area contributed by atoms with Crippen molar-refractivity contribution in [1.29, 1.82) is 0 Å². The summed E-state index contributed by atoms with van der Waals surface area (Å²) < 4.78 is 0. The normalized spacial score (nSPS) is 74.6. The van der Waals surface area contributed by atoms with Crippen molar-refractivity contribution in [2.45, 2.75) is 74.1 Å². The molecule has 0 aromatic carbocycles. The standard InChI is InChI=1S/C22H36/c1-12-10-18-14(3)22(7)19(4)11-15(12)17-9-8-16(21(18,22)6)13(2)20(17,19)5/h12-18H,8-11H2,1-7H3. The van der Waals surface area contributed by atoms with Crippen LogP contribution in [0, 0.1) is 63.1 Å². The van der Waals surface area contributed by atoms with Gasteiger partial charge in [0.05, 0.1) is 0 Å². The fraction of sp³-hybridized carbons (Fsp3) is 1.00. The molecular formula is C22H36. The Morgan fingerprint density at radius 3 is 2.05 bits per heavy atom. The number of hydrogen-bond acceptors (Lipinski definition) is 0. The van der Waals surface area contributed by atoms with E-state index in [0.29, 0.717) is 21.7 Å². The molecule has 0 amide bonds. The molecule has 0 radical (unpaired) electrons. The van der Waals surface area contributed by atoms with Gasteiger partial charge in [-0.2, -0.15) is 0 Å². The molecule has 11 atom stereocenters. The van der Waals surface area contributed by atoms with E-state index >= 15 is 0 Å². The second kappa shape index (κ2) is 3.50. The average molecular weight is 301 g/mol. The van der Waals surface area contributed by atoms with Gasteiger partial charge in [0.25, 0.3) is 0 Å². The van der Waals surface area contributed by atoms with E-state index in [2.05, 4.69) is 48.5 Å². The molecule has 22 heavy (non-hydrogen) atoms. The number of fused-ring (bicyclic) bond motifs is 6. The minimum atomic E-state index is 0.574. The second-order valence-electron chi connectivity index (χ2n) is 11.2. The van der Waals surface area contributed by atoms with Crippen molar-refractivity contribution >= 4 is 0 Å². The second-order valence-corrected chi connectivity index (χ2v) is 11.2. The van der Waals surface area contributed by atoms with Crippen LogP contribution in [0.4, 0.5) is 0 Å². The fourth-order valence-corrected chi connectivity index (χ4v) is 10.7. The third-order valence-corrected chi connectivity index (χ3v) is 12.1. The molecule has 0 heteroatoms. The van der Waals surface area contributed by atoms with Gasteiger partial charge >= 0.3 is 0 Å². The van der Waals surface area contributed by atoms with Crippen LogP contribution in [-0.2, 0) is 0 Å². The predicted molar refractivity (Wildman–Crippen MR) is 92.3 cm³/mol. The third kappa shape index (κ3) is 0.954. The highest BCUT2D eigenvalue weighted by Gasteiger charge is 2.85.